The third-order valence-electron chi connectivity index (χ3n) is 1.70. The Labute approximate surface area is 94.3 Å². The van der Waals surface area contributed by atoms with Crippen LogP contribution in [0.1, 0.15) is 5.56 Å². The number of urea groups is 1. The molecule has 0 aliphatic rings. The highest BCUT2D eigenvalue weighted by atomic mass is 19.4. The highest BCUT2D eigenvalue weighted by Gasteiger charge is 2.29. The van der Waals surface area contributed by atoms with Gasteiger partial charge in [0, 0.05) is 0 Å². The molecule has 0 aromatic heterocycles. The maximum Gasteiger partial charge on any atom is 0.416 e. The van der Waals surface area contributed by atoms with Gasteiger partial charge in [-0.05, 0) is 24.3 Å². The van der Waals surface area contributed by atoms with Gasteiger partial charge in [-0.2, -0.15) is 13.2 Å². The summed E-state index contributed by atoms with van der Waals surface area (Å²) in [4.78, 5) is 14.0. The fourth-order valence-electron chi connectivity index (χ4n) is 1.02. The van der Waals surface area contributed by atoms with Crippen LogP contribution >= 0.6 is 0 Å². The summed E-state index contributed by atoms with van der Waals surface area (Å²) in [6, 6.07) is 3.06. The van der Waals surface area contributed by atoms with Gasteiger partial charge in [-0.3, -0.25) is 5.32 Å². The van der Waals surface area contributed by atoms with Crippen LogP contribution in [0.3, 0.4) is 0 Å². The van der Waals surface area contributed by atoms with E-state index in [1.807, 2.05) is 5.32 Å². The lowest BCUT2D eigenvalue weighted by atomic mass is 10.2. The maximum atomic E-state index is 12.2. The summed E-state index contributed by atoms with van der Waals surface area (Å²) in [5.74, 6) is -0.294. The Morgan fingerprint density at radius 3 is 2.12 bits per heavy atom. The van der Waals surface area contributed by atoms with Gasteiger partial charge >= 0.3 is 12.2 Å². The molecule has 5 nitrogen and oxygen atoms in total. The highest BCUT2D eigenvalue weighted by molar-refractivity contribution is 5.95. The quantitative estimate of drug-likeness (QED) is 0.515. The monoisotopic (exact) mass is 246 g/mol. The Morgan fingerprint density at radius 2 is 1.71 bits per heavy atom. The van der Waals surface area contributed by atoms with E-state index in [2.05, 4.69) is 4.99 Å². The molecule has 0 aliphatic heterocycles. The lowest BCUT2D eigenvalue weighted by Gasteiger charge is -2.06. The Morgan fingerprint density at radius 1 is 1.18 bits per heavy atom. The van der Waals surface area contributed by atoms with E-state index in [0.717, 1.165) is 24.3 Å². The van der Waals surface area contributed by atoms with Crippen molar-refractivity contribution in [1.82, 2.24) is 5.32 Å². The number of primary amides is 1. The molecule has 8 heteroatoms. The van der Waals surface area contributed by atoms with Gasteiger partial charge in [-0.15, -0.1) is 0 Å². The molecule has 1 aromatic carbocycles. The van der Waals surface area contributed by atoms with Gasteiger partial charge in [0.25, 0.3) is 0 Å². The molecule has 1 aromatic rings. The van der Waals surface area contributed by atoms with E-state index < -0.39 is 17.8 Å². The van der Waals surface area contributed by atoms with Crippen LogP contribution in [0.5, 0.6) is 0 Å². The Hall–Kier alpha value is -2.25. The van der Waals surface area contributed by atoms with E-state index in [0.29, 0.717) is 0 Å². The minimum Gasteiger partial charge on any atom is -0.369 e. The van der Waals surface area contributed by atoms with Crippen molar-refractivity contribution >= 4 is 17.7 Å². The summed E-state index contributed by atoms with van der Waals surface area (Å²) >= 11 is 0. The number of nitrogens with two attached hydrogens (primary N) is 2. The number of benzene rings is 1. The average Bonchev–Trinajstić information content (AvgIpc) is 2.15. The molecule has 2 amide bonds. The molecule has 0 spiro atoms. The molecule has 0 aliphatic carbocycles. The molecule has 0 bridgehead atoms. The van der Waals surface area contributed by atoms with Crippen molar-refractivity contribution in [2.45, 2.75) is 6.18 Å². The predicted octanol–water partition coefficient (Wildman–Crippen LogP) is 1.32. The molecule has 17 heavy (non-hydrogen) atoms. The summed E-state index contributed by atoms with van der Waals surface area (Å²) in [5, 5.41) is 1.98. The standard InChI is InChI=1S/C9H9F3N4O/c10-9(11,12)5-1-3-6(4-2-5)15-7(13)16-8(14)17/h1-4H,(H5,13,14,15,16,17). The topological polar surface area (TPSA) is 93.5 Å². The van der Waals surface area contributed by atoms with Gasteiger partial charge in [-0.25, -0.2) is 9.79 Å². The summed E-state index contributed by atoms with van der Waals surface area (Å²) < 4.78 is 36.7. The Balaban J connectivity index is 2.85. The first kappa shape index (κ1) is 12.8. The summed E-state index contributed by atoms with van der Waals surface area (Å²) in [6.07, 6.45) is -4.40. The van der Waals surface area contributed by atoms with Crippen LogP contribution in [-0.4, -0.2) is 12.0 Å². The zero-order valence-electron chi connectivity index (χ0n) is 8.45. The number of aliphatic imine (C=N–C) groups is 1. The minimum atomic E-state index is -4.40. The van der Waals surface area contributed by atoms with E-state index in [9.17, 15) is 18.0 Å². The number of nitrogens with one attached hydrogen (secondary N) is 1. The van der Waals surface area contributed by atoms with Gasteiger partial charge < -0.3 is 11.5 Å². The van der Waals surface area contributed by atoms with Gasteiger partial charge in [-0.1, -0.05) is 0 Å². The average molecular weight is 246 g/mol. The summed E-state index contributed by atoms with van der Waals surface area (Å²) in [6.45, 7) is 0. The molecule has 92 valence electrons. The number of halogens is 3. The fourth-order valence-corrected chi connectivity index (χ4v) is 1.02. The van der Waals surface area contributed by atoms with E-state index in [1.165, 1.54) is 0 Å². The van der Waals surface area contributed by atoms with Crippen molar-refractivity contribution < 1.29 is 18.0 Å². The molecule has 0 saturated heterocycles. The minimum absolute atomic E-state index is 0.171. The van der Waals surface area contributed by atoms with Crippen LogP contribution in [0, 0.1) is 0 Å². The number of nitrogens with zero attached hydrogens (tertiary/aromatic N) is 1. The second kappa shape index (κ2) is 4.73. The molecule has 0 unspecified atom stereocenters. The van der Waals surface area contributed by atoms with E-state index in [-0.39, 0.29) is 11.6 Å². The van der Waals surface area contributed by atoms with Crippen molar-refractivity contribution in [1.29, 1.82) is 0 Å². The molecule has 0 saturated carbocycles. The second-order valence-electron chi connectivity index (χ2n) is 3.03. The number of hydrogen-bond acceptors (Lipinski definition) is 2. The van der Waals surface area contributed by atoms with Crippen LogP contribution in [0.15, 0.2) is 29.3 Å². The zero-order chi connectivity index (χ0) is 13.1. The second-order valence-corrected chi connectivity index (χ2v) is 3.03. The zero-order valence-corrected chi connectivity index (χ0v) is 8.45. The van der Waals surface area contributed by atoms with Gasteiger partial charge in [0.2, 0.25) is 5.96 Å². The third-order valence-corrected chi connectivity index (χ3v) is 1.70. The number of carbonyl (C=O) groups is 1. The number of guanidine groups is 1. The Bertz CT molecular complexity index is 439. The number of amides is 2. The number of hydrogen-bond donors (Lipinski definition) is 3. The molecule has 1 rings (SSSR count). The third kappa shape index (κ3) is 4.01. The van der Waals surface area contributed by atoms with Crippen molar-refractivity contribution in [3.05, 3.63) is 29.8 Å². The van der Waals surface area contributed by atoms with Gasteiger partial charge in [0.15, 0.2) is 0 Å². The Kier molecular flexibility index (Phi) is 3.56. The summed E-state index contributed by atoms with van der Waals surface area (Å²) in [7, 11) is 0. The predicted molar refractivity (Wildman–Crippen MR) is 55.4 cm³/mol. The molecule has 0 fully saturated rings. The maximum absolute atomic E-state index is 12.2. The summed E-state index contributed by atoms with van der Waals surface area (Å²) in [5.41, 5.74) is 9.39. The first-order valence-electron chi connectivity index (χ1n) is 4.37. The molecule has 5 N–H and O–H groups in total. The smallest absolute Gasteiger partial charge is 0.369 e. The number of carbonyl (C=O) groups excluding carboxylic acids is 1. The van der Waals surface area contributed by atoms with Crippen LogP contribution in [0.25, 0.3) is 0 Å². The largest absolute Gasteiger partial charge is 0.416 e. The first-order valence-corrected chi connectivity index (χ1v) is 4.37. The van der Waals surface area contributed by atoms with Crippen LogP contribution in [0.4, 0.5) is 23.7 Å². The van der Waals surface area contributed by atoms with Crippen LogP contribution < -0.4 is 16.8 Å². The van der Waals surface area contributed by atoms with E-state index >= 15 is 0 Å². The SMILES string of the molecule is NC(=O)NC(N)=Nc1ccc(C(F)(F)F)cc1. The molecular weight excluding hydrogens is 237 g/mol. The lowest BCUT2D eigenvalue weighted by Crippen LogP contribution is -2.39. The lowest BCUT2D eigenvalue weighted by molar-refractivity contribution is -0.137. The van der Waals surface area contributed by atoms with Crippen LogP contribution in [-0.2, 0) is 6.18 Å². The van der Waals surface area contributed by atoms with Gasteiger partial charge in [0.05, 0.1) is 11.3 Å². The van der Waals surface area contributed by atoms with Crippen molar-refractivity contribution in [2.75, 3.05) is 0 Å². The first-order chi connectivity index (χ1) is 7.79. The fraction of sp³-hybridized carbons (Fsp3) is 0.111. The van der Waals surface area contributed by atoms with Crippen molar-refractivity contribution in [3.63, 3.8) is 0 Å². The van der Waals surface area contributed by atoms with E-state index in [1.54, 1.807) is 0 Å². The molecular formula is C9H9F3N4O. The van der Waals surface area contributed by atoms with Crippen LogP contribution in [0.2, 0.25) is 0 Å². The highest BCUT2D eigenvalue weighted by Crippen LogP contribution is 2.30. The van der Waals surface area contributed by atoms with Crippen molar-refractivity contribution in [2.24, 2.45) is 16.5 Å². The molecule has 0 heterocycles. The van der Waals surface area contributed by atoms with E-state index in [4.69, 9.17) is 11.5 Å². The van der Waals surface area contributed by atoms with Crippen molar-refractivity contribution in [3.8, 4) is 0 Å². The number of rotatable bonds is 1. The number of alkyl halides is 3. The molecule has 0 radical (unpaired) electrons. The normalized spacial score (nSPS) is 12.3. The van der Waals surface area contributed by atoms with Gasteiger partial charge in [0.1, 0.15) is 0 Å². The molecule has 0 atom stereocenters.